The van der Waals surface area contributed by atoms with Crippen LogP contribution < -0.4 is 14.8 Å². The Morgan fingerprint density at radius 2 is 1.93 bits per heavy atom. The van der Waals surface area contributed by atoms with Gasteiger partial charge in [0.25, 0.3) is 5.91 Å². The Morgan fingerprint density at radius 1 is 1.17 bits per heavy atom. The topological polar surface area (TPSA) is 63.7 Å². The first kappa shape index (κ1) is 20.8. The van der Waals surface area contributed by atoms with Gasteiger partial charge in [-0.3, -0.25) is 4.79 Å². The van der Waals surface area contributed by atoms with Gasteiger partial charge in [0.05, 0.1) is 19.0 Å². The first-order chi connectivity index (χ1) is 13.9. The average molecular weight is 409 g/mol. The number of rotatable bonds is 7. The van der Waals surface area contributed by atoms with E-state index < -0.39 is 11.9 Å². The minimum absolute atomic E-state index is 0.0504. The van der Waals surface area contributed by atoms with Gasteiger partial charge in [0.1, 0.15) is 5.69 Å². The fourth-order valence-corrected chi connectivity index (χ4v) is 3.01. The molecule has 1 fully saturated rings. The number of likely N-dealkylation sites (tertiary alicyclic amines) is 1. The van der Waals surface area contributed by atoms with Gasteiger partial charge >= 0.3 is 6.18 Å². The van der Waals surface area contributed by atoms with Crippen molar-refractivity contribution in [2.75, 3.05) is 32.1 Å². The monoisotopic (exact) mass is 409 g/mol. The van der Waals surface area contributed by atoms with Crippen molar-refractivity contribution in [1.82, 2.24) is 9.88 Å². The van der Waals surface area contributed by atoms with Crippen molar-refractivity contribution in [2.45, 2.75) is 25.6 Å². The van der Waals surface area contributed by atoms with Crippen molar-refractivity contribution < 1.29 is 27.4 Å². The van der Waals surface area contributed by atoms with E-state index in [9.17, 15) is 18.0 Å². The summed E-state index contributed by atoms with van der Waals surface area (Å²) < 4.78 is 48.6. The maximum Gasteiger partial charge on any atom is 0.433 e. The number of alkyl halides is 3. The predicted octanol–water partition coefficient (Wildman–Crippen LogP) is 3.72. The molecule has 1 aliphatic heterocycles. The number of methoxy groups -OCH3 is 1. The highest BCUT2D eigenvalue weighted by Crippen LogP contribution is 2.29. The van der Waals surface area contributed by atoms with Crippen LogP contribution in [0, 0.1) is 0 Å². The van der Waals surface area contributed by atoms with Crippen LogP contribution >= 0.6 is 0 Å². The molecule has 0 saturated carbocycles. The Kier molecular flexibility index (Phi) is 6.46. The van der Waals surface area contributed by atoms with Crippen LogP contribution in [-0.2, 0) is 17.5 Å². The summed E-state index contributed by atoms with van der Waals surface area (Å²) >= 11 is 0. The maximum atomic E-state index is 12.6. The van der Waals surface area contributed by atoms with Gasteiger partial charge in [-0.05, 0) is 42.7 Å². The van der Waals surface area contributed by atoms with E-state index in [2.05, 4.69) is 10.3 Å². The molecule has 1 saturated heterocycles. The Bertz CT molecular complexity index is 835. The van der Waals surface area contributed by atoms with Crippen molar-refractivity contribution in [3.8, 4) is 11.5 Å². The second-order valence-electron chi connectivity index (χ2n) is 6.65. The third-order valence-corrected chi connectivity index (χ3v) is 4.59. The van der Waals surface area contributed by atoms with E-state index in [1.54, 1.807) is 23.1 Å². The van der Waals surface area contributed by atoms with E-state index in [1.807, 2.05) is 0 Å². The molecule has 0 unspecified atom stereocenters. The summed E-state index contributed by atoms with van der Waals surface area (Å²) in [5.74, 6) is 0.883. The lowest BCUT2D eigenvalue weighted by molar-refractivity contribution is -0.141. The number of carbonyl (C=O) groups excluding carboxylic acids is 1. The van der Waals surface area contributed by atoms with Gasteiger partial charge in [-0.25, -0.2) is 4.98 Å². The molecule has 9 heteroatoms. The molecule has 2 aromatic rings. The number of hydrogen-bond donors (Lipinski definition) is 1. The summed E-state index contributed by atoms with van der Waals surface area (Å²) in [5.41, 5.74) is 0.364. The van der Waals surface area contributed by atoms with Gasteiger partial charge in [-0.2, -0.15) is 13.2 Å². The number of benzene rings is 1. The normalized spacial score (nSPS) is 14.0. The van der Waals surface area contributed by atoms with Crippen molar-refractivity contribution in [2.24, 2.45) is 0 Å². The SMILES string of the molecule is COc1cc(CNc2ccc(C(F)(F)F)nc2)ccc1OCC(=O)N1CCCC1. The van der Waals surface area contributed by atoms with Crippen molar-refractivity contribution in [1.29, 1.82) is 0 Å². The van der Waals surface area contributed by atoms with Crippen LogP contribution in [0.15, 0.2) is 36.5 Å². The number of aromatic nitrogens is 1. The van der Waals surface area contributed by atoms with Crippen molar-refractivity contribution >= 4 is 11.6 Å². The first-order valence-electron chi connectivity index (χ1n) is 9.21. The molecular formula is C20H22F3N3O3. The molecule has 1 aliphatic rings. The smallest absolute Gasteiger partial charge is 0.433 e. The molecule has 6 nitrogen and oxygen atoms in total. The Morgan fingerprint density at radius 3 is 2.55 bits per heavy atom. The summed E-state index contributed by atoms with van der Waals surface area (Å²) in [7, 11) is 1.50. The minimum atomic E-state index is -4.46. The van der Waals surface area contributed by atoms with Crippen LogP contribution in [0.2, 0.25) is 0 Å². The highest BCUT2D eigenvalue weighted by molar-refractivity contribution is 5.78. The molecular weight excluding hydrogens is 387 g/mol. The number of ether oxygens (including phenoxy) is 2. The van der Waals surface area contributed by atoms with Crippen LogP contribution in [0.25, 0.3) is 0 Å². The van der Waals surface area contributed by atoms with Gasteiger partial charge < -0.3 is 19.7 Å². The predicted molar refractivity (Wildman–Crippen MR) is 101 cm³/mol. The first-order valence-corrected chi connectivity index (χ1v) is 9.21. The summed E-state index contributed by atoms with van der Waals surface area (Å²) in [4.78, 5) is 17.3. The Balaban J connectivity index is 1.57. The zero-order valence-corrected chi connectivity index (χ0v) is 16.0. The molecule has 0 bridgehead atoms. The molecule has 156 valence electrons. The summed E-state index contributed by atoms with van der Waals surface area (Å²) in [5, 5.41) is 3.01. The largest absolute Gasteiger partial charge is 0.493 e. The van der Waals surface area contributed by atoms with Crippen LogP contribution in [0.3, 0.4) is 0 Å². The van der Waals surface area contributed by atoms with E-state index in [0.717, 1.165) is 43.8 Å². The summed E-state index contributed by atoms with van der Waals surface area (Å²) in [6, 6.07) is 7.51. The lowest BCUT2D eigenvalue weighted by atomic mass is 10.2. The van der Waals surface area contributed by atoms with Crippen LogP contribution in [0.5, 0.6) is 11.5 Å². The molecule has 1 aromatic carbocycles. The number of carbonyl (C=O) groups is 1. The lowest BCUT2D eigenvalue weighted by Gasteiger charge is -2.17. The van der Waals surface area contributed by atoms with E-state index in [-0.39, 0.29) is 12.5 Å². The number of pyridine rings is 1. The molecule has 0 radical (unpaired) electrons. The van der Waals surface area contributed by atoms with E-state index in [1.165, 1.54) is 13.2 Å². The lowest BCUT2D eigenvalue weighted by Crippen LogP contribution is -2.32. The second kappa shape index (κ2) is 9.02. The third-order valence-electron chi connectivity index (χ3n) is 4.59. The van der Waals surface area contributed by atoms with Gasteiger partial charge in [0.15, 0.2) is 18.1 Å². The van der Waals surface area contributed by atoms with Gasteiger partial charge in [0, 0.05) is 19.6 Å². The van der Waals surface area contributed by atoms with Crippen molar-refractivity contribution in [3.63, 3.8) is 0 Å². The molecule has 1 N–H and O–H groups in total. The molecule has 1 aromatic heterocycles. The van der Waals surface area contributed by atoms with Crippen LogP contribution in [0.4, 0.5) is 18.9 Å². The summed E-state index contributed by atoms with van der Waals surface area (Å²) in [6.07, 6.45) is -1.28. The molecule has 3 rings (SSSR count). The second-order valence-corrected chi connectivity index (χ2v) is 6.65. The third kappa shape index (κ3) is 5.52. The average Bonchev–Trinajstić information content (AvgIpc) is 3.25. The standard InChI is InChI=1S/C20H22F3N3O3/c1-28-17-10-14(11-24-15-5-7-18(25-12-15)20(21,22)23)4-6-16(17)29-13-19(27)26-8-2-3-9-26/h4-7,10,12,24H,2-3,8-9,11,13H2,1H3. The number of hydrogen-bond acceptors (Lipinski definition) is 5. The minimum Gasteiger partial charge on any atom is -0.493 e. The zero-order chi connectivity index (χ0) is 20.9. The fourth-order valence-electron chi connectivity index (χ4n) is 3.01. The van der Waals surface area contributed by atoms with Gasteiger partial charge in [-0.1, -0.05) is 6.07 Å². The van der Waals surface area contributed by atoms with Gasteiger partial charge in [0.2, 0.25) is 0 Å². The number of anilines is 1. The summed E-state index contributed by atoms with van der Waals surface area (Å²) in [6.45, 7) is 1.84. The van der Waals surface area contributed by atoms with Crippen molar-refractivity contribution in [3.05, 3.63) is 47.8 Å². The maximum absolute atomic E-state index is 12.6. The molecule has 0 atom stereocenters. The highest BCUT2D eigenvalue weighted by atomic mass is 19.4. The van der Waals surface area contributed by atoms with E-state index >= 15 is 0 Å². The molecule has 29 heavy (non-hydrogen) atoms. The van der Waals surface area contributed by atoms with E-state index in [0.29, 0.717) is 23.7 Å². The zero-order valence-electron chi connectivity index (χ0n) is 16.0. The molecule has 1 amide bonds. The fraction of sp³-hybridized carbons (Fsp3) is 0.400. The van der Waals surface area contributed by atoms with Crippen LogP contribution in [-0.4, -0.2) is 42.6 Å². The number of nitrogens with zero attached hydrogens (tertiary/aromatic N) is 2. The Labute approximate surface area is 166 Å². The Hall–Kier alpha value is -2.97. The number of amides is 1. The molecule has 2 heterocycles. The molecule has 0 aliphatic carbocycles. The van der Waals surface area contributed by atoms with Crippen LogP contribution in [0.1, 0.15) is 24.1 Å². The number of halogens is 3. The van der Waals surface area contributed by atoms with E-state index in [4.69, 9.17) is 9.47 Å². The van der Waals surface area contributed by atoms with Gasteiger partial charge in [-0.15, -0.1) is 0 Å². The quantitative estimate of drug-likeness (QED) is 0.755. The highest BCUT2D eigenvalue weighted by Gasteiger charge is 2.32. The molecule has 0 spiro atoms. The number of nitrogens with one attached hydrogen (secondary N) is 1.